The van der Waals surface area contributed by atoms with Crippen molar-refractivity contribution in [1.82, 2.24) is 10.6 Å². The molecular formula is C26H39BN8O4. The van der Waals surface area contributed by atoms with Crippen LogP contribution in [0, 0.1) is 0 Å². The summed E-state index contributed by atoms with van der Waals surface area (Å²) >= 11 is 0. The van der Waals surface area contributed by atoms with Crippen LogP contribution in [0.2, 0.25) is 0 Å². The van der Waals surface area contributed by atoms with Crippen molar-refractivity contribution in [3.8, 4) is 0 Å². The second kappa shape index (κ2) is 14.2. The van der Waals surface area contributed by atoms with Crippen molar-refractivity contribution in [3.05, 3.63) is 65.2 Å². The zero-order valence-corrected chi connectivity index (χ0v) is 22.6. The van der Waals surface area contributed by atoms with E-state index < -0.39 is 30.9 Å². The second-order valence-electron chi connectivity index (χ2n) is 10.2. The van der Waals surface area contributed by atoms with Gasteiger partial charge < -0.3 is 43.6 Å². The quantitative estimate of drug-likeness (QED) is 0.0778. The standard InChI is InChI=1S/C26H39BN8O4/c1-26(2,3)18-10-8-17(9-11-18)22(36)34-20(15-16-6-12-19(13-7-16)33-25(30)31)23(37)35-21(27(38)39)5-4-14-32-24(28)29/h6-13,20-21,38-39H,4-5,14-15H2,1-3H3,(H,34,36)(H,35,37)(H4,28,29,32)(H4,30,31,33). The van der Waals surface area contributed by atoms with Crippen molar-refractivity contribution in [2.45, 2.75) is 57.4 Å². The van der Waals surface area contributed by atoms with E-state index in [4.69, 9.17) is 22.9 Å². The SMILES string of the molecule is CC(C)(C)c1ccc(C(=O)NC(Cc2ccc(N=C(N)N)cc2)C(=O)NC(CCCN=C(N)N)B(O)O)cc1. The van der Waals surface area contributed by atoms with Gasteiger partial charge >= 0.3 is 7.12 Å². The maximum Gasteiger partial charge on any atom is 0.475 e. The highest BCUT2D eigenvalue weighted by Crippen LogP contribution is 2.22. The minimum absolute atomic E-state index is 0.0794. The van der Waals surface area contributed by atoms with Crippen LogP contribution < -0.4 is 33.6 Å². The summed E-state index contributed by atoms with van der Waals surface area (Å²) in [7, 11) is -1.83. The normalized spacial score (nSPS) is 12.5. The summed E-state index contributed by atoms with van der Waals surface area (Å²) in [5, 5.41) is 25.1. The minimum Gasteiger partial charge on any atom is -0.426 e. The van der Waals surface area contributed by atoms with Gasteiger partial charge in [-0.15, -0.1) is 0 Å². The summed E-state index contributed by atoms with van der Waals surface area (Å²) in [6, 6.07) is 13.0. The fraction of sp³-hybridized carbons (Fsp3) is 0.385. The highest BCUT2D eigenvalue weighted by Gasteiger charge is 2.29. The molecule has 0 aromatic heterocycles. The van der Waals surface area contributed by atoms with Gasteiger partial charge in [-0.05, 0) is 53.6 Å². The molecule has 0 aliphatic rings. The average Bonchev–Trinajstić information content (AvgIpc) is 2.85. The third-order valence-corrected chi connectivity index (χ3v) is 5.92. The zero-order chi connectivity index (χ0) is 29.2. The van der Waals surface area contributed by atoms with E-state index in [1.807, 2.05) is 12.1 Å². The number of nitrogens with zero attached hydrogens (tertiary/aromatic N) is 2. The third-order valence-electron chi connectivity index (χ3n) is 5.92. The largest absolute Gasteiger partial charge is 0.475 e. The molecule has 210 valence electrons. The van der Waals surface area contributed by atoms with E-state index in [9.17, 15) is 19.6 Å². The number of nitrogens with two attached hydrogens (primary N) is 4. The molecule has 0 spiro atoms. The summed E-state index contributed by atoms with van der Waals surface area (Å²) in [6.07, 6.45) is 0.716. The molecule has 2 amide bonds. The monoisotopic (exact) mass is 538 g/mol. The molecule has 13 heteroatoms. The van der Waals surface area contributed by atoms with Crippen LogP contribution in [0.5, 0.6) is 0 Å². The molecule has 2 unspecified atom stereocenters. The summed E-state index contributed by atoms with van der Waals surface area (Å²) in [5.74, 6) is -2.19. The number of benzene rings is 2. The Morgan fingerprint density at radius 1 is 0.923 bits per heavy atom. The van der Waals surface area contributed by atoms with Crippen LogP contribution >= 0.6 is 0 Å². The molecular weight excluding hydrogens is 499 g/mol. The Labute approximate surface area is 229 Å². The van der Waals surface area contributed by atoms with Gasteiger partial charge in [-0.1, -0.05) is 45.0 Å². The van der Waals surface area contributed by atoms with E-state index >= 15 is 0 Å². The Bertz CT molecular complexity index is 1150. The Morgan fingerprint density at radius 3 is 2.05 bits per heavy atom. The lowest BCUT2D eigenvalue weighted by Gasteiger charge is -2.23. The van der Waals surface area contributed by atoms with Crippen LogP contribution in [0.25, 0.3) is 0 Å². The van der Waals surface area contributed by atoms with Gasteiger partial charge in [0.1, 0.15) is 6.04 Å². The average molecular weight is 538 g/mol. The van der Waals surface area contributed by atoms with Crippen molar-refractivity contribution in [1.29, 1.82) is 0 Å². The smallest absolute Gasteiger partial charge is 0.426 e. The lowest BCUT2D eigenvalue weighted by Crippen LogP contribution is -2.54. The number of hydrogen-bond donors (Lipinski definition) is 8. The Kier molecular flexibility index (Phi) is 11.3. The first kappa shape index (κ1) is 31.1. The molecule has 0 saturated heterocycles. The molecule has 39 heavy (non-hydrogen) atoms. The van der Waals surface area contributed by atoms with Crippen LogP contribution in [0.3, 0.4) is 0 Å². The lowest BCUT2D eigenvalue weighted by molar-refractivity contribution is -0.123. The molecule has 0 heterocycles. The molecule has 12 nitrogen and oxygen atoms in total. The number of nitrogens with one attached hydrogen (secondary N) is 2. The molecule has 0 aliphatic heterocycles. The van der Waals surface area contributed by atoms with Crippen molar-refractivity contribution < 1.29 is 19.6 Å². The molecule has 2 aromatic carbocycles. The highest BCUT2D eigenvalue weighted by molar-refractivity contribution is 6.43. The number of hydrogen-bond acceptors (Lipinski definition) is 6. The first-order valence-electron chi connectivity index (χ1n) is 12.6. The van der Waals surface area contributed by atoms with Gasteiger partial charge in [-0.25, -0.2) is 4.99 Å². The number of guanidine groups is 2. The van der Waals surface area contributed by atoms with Crippen molar-refractivity contribution >= 4 is 36.5 Å². The predicted octanol–water partition coefficient (Wildman–Crippen LogP) is -0.219. The van der Waals surface area contributed by atoms with Crippen molar-refractivity contribution in [3.63, 3.8) is 0 Å². The second-order valence-corrected chi connectivity index (χ2v) is 10.2. The number of aliphatic imine (C=N–C) groups is 2. The maximum atomic E-state index is 13.3. The first-order valence-corrected chi connectivity index (χ1v) is 12.6. The first-order chi connectivity index (χ1) is 18.3. The molecule has 0 fully saturated rings. The Hall–Kier alpha value is -4.10. The summed E-state index contributed by atoms with van der Waals surface area (Å²) in [6.45, 7) is 6.48. The van der Waals surface area contributed by atoms with Gasteiger partial charge in [0.25, 0.3) is 5.91 Å². The topological polar surface area (TPSA) is 227 Å². The lowest BCUT2D eigenvalue weighted by atomic mass is 9.76. The summed E-state index contributed by atoms with van der Waals surface area (Å²) in [4.78, 5) is 34.2. The van der Waals surface area contributed by atoms with Crippen LogP contribution in [-0.2, 0) is 16.6 Å². The van der Waals surface area contributed by atoms with E-state index in [1.165, 1.54) is 0 Å². The predicted molar refractivity (Wildman–Crippen MR) is 154 cm³/mol. The summed E-state index contributed by atoms with van der Waals surface area (Å²) in [5.41, 5.74) is 24.1. The van der Waals surface area contributed by atoms with Crippen LogP contribution in [-0.4, -0.2) is 59.4 Å². The van der Waals surface area contributed by atoms with Gasteiger partial charge in [-0.2, -0.15) is 0 Å². The van der Waals surface area contributed by atoms with E-state index in [0.29, 0.717) is 17.7 Å². The number of amides is 2. The summed E-state index contributed by atoms with van der Waals surface area (Å²) < 4.78 is 0. The Balaban J connectivity index is 2.24. The van der Waals surface area contributed by atoms with Crippen molar-refractivity contribution in [2.75, 3.05) is 6.54 Å². The molecule has 12 N–H and O–H groups in total. The number of rotatable bonds is 12. The number of carbonyl (C=O) groups excluding carboxylic acids is 2. The van der Waals surface area contributed by atoms with Crippen LogP contribution in [0.15, 0.2) is 58.5 Å². The highest BCUT2D eigenvalue weighted by atomic mass is 16.4. The molecule has 2 rings (SSSR count). The molecule has 0 radical (unpaired) electrons. The van der Waals surface area contributed by atoms with Crippen LogP contribution in [0.1, 0.15) is 55.1 Å². The minimum atomic E-state index is -1.83. The van der Waals surface area contributed by atoms with Gasteiger partial charge in [0.2, 0.25) is 5.91 Å². The molecule has 2 aromatic rings. The van der Waals surface area contributed by atoms with E-state index in [2.05, 4.69) is 41.4 Å². The fourth-order valence-electron chi connectivity index (χ4n) is 3.76. The molecule has 0 saturated carbocycles. The maximum absolute atomic E-state index is 13.3. The van der Waals surface area contributed by atoms with Gasteiger partial charge in [0.15, 0.2) is 11.9 Å². The zero-order valence-electron chi connectivity index (χ0n) is 22.6. The number of carbonyl (C=O) groups is 2. The van der Waals surface area contributed by atoms with Crippen molar-refractivity contribution in [2.24, 2.45) is 32.9 Å². The van der Waals surface area contributed by atoms with E-state index in [0.717, 1.165) is 11.1 Å². The molecule has 0 aliphatic carbocycles. The van der Waals surface area contributed by atoms with E-state index in [1.54, 1.807) is 36.4 Å². The molecule has 2 atom stereocenters. The molecule has 0 bridgehead atoms. The van der Waals surface area contributed by atoms with Gasteiger partial charge in [0.05, 0.1) is 11.6 Å². The van der Waals surface area contributed by atoms with Gasteiger partial charge in [0, 0.05) is 18.5 Å². The third kappa shape index (κ3) is 10.7. The van der Waals surface area contributed by atoms with E-state index in [-0.39, 0.29) is 36.7 Å². The fourth-order valence-corrected chi connectivity index (χ4v) is 3.76. The van der Waals surface area contributed by atoms with Crippen LogP contribution in [0.4, 0.5) is 5.69 Å². The Morgan fingerprint density at radius 2 is 1.54 bits per heavy atom. The van der Waals surface area contributed by atoms with Gasteiger partial charge in [-0.3, -0.25) is 14.6 Å².